The Labute approximate surface area is 176 Å². The highest BCUT2D eigenvalue weighted by Crippen LogP contribution is 2.27. The van der Waals surface area contributed by atoms with Gasteiger partial charge in [-0.15, -0.1) is 0 Å². The first-order valence-electron chi connectivity index (χ1n) is 10.1. The van der Waals surface area contributed by atoms with Gasteiger partial charge in [-0.2, -0.15) is 0 Å². The van der Waals surface area contributed by atoms with Gasteiger partial charge in [0.2, 0.25) is 12.8 Å². The van der Waals surface area contributed by atoms with Crippen molar-refractivity contribution in [3.8, 4) is 0 Å². The van der Waals surface area contributed by atoms with Crippen LogP contribution in [-0.4, -0.2) is 72.3 Å². The van der Waals surface area contributed by atoms with E-state index in [-0.39, 0.29) is 30.6 Å². The summed E-state index contributed by atoms with van der Waals surface area (Å²) >= 11 is 0. The highest BCUT2D eigenvalue weighted by atomic mass is 19.1. The molecular formula is C21H31FN4O4. The van der Waals surface area contributed by atoms with Crippen molar-refractivity contribution < 1.29 is 23.8 Å². The second kappa shape index (κ2) is 11.5. The van der Waals surface area contributed by atoms with Crippen LogP contribution in [0.1, 0.15) is 31.7 Å². The second-order valence-corrected chi connectivity index (χ2v) is 7.19. The molecule has 0 aromatic heterocycles. The van der Waals surface area contributed by atoms with Crippen molar-refractivity contribution in [2.75, 3.05) is 33.9 Å². The lowest BCUT2D eigenvalue weighted by Crippen LogP contribution is -2.43. The number of likely N-dealkylation sites (N-methyl/N-ethyl adjacent to an activating group) is 1. The van der Waals surface area contributed by atoms with E-state index in [1.807, 2.05) is 0 Å². The maximum absolute atomic E-state index is 13.3. The fourth-order valence-electron chi connectivity index (χ4n) is 3.07. The van der Waals surface area contributed by atoms with E-state index in [0.29, 0.717) is 31.8 Å². The molecule has 1 aliphatic rings. The molecule has 2 amide bonds. The summed E-state index contributed by atoms with van der Waals surface area (Å²) in [5.41, 5.74) is 1.08. The Balaban J connectivity index is 2.38. The molecule has 1 aromatic rings. The third-order valence-electron chi connectivity index (χ3n) is 4.81. The Morgan fingerprint density at radius 2 is 2.00 bits per heavy atom. The van der Waals surface area contributed by atoms with E-state index < -0.39 is 6.35 Å². The number of halogens is 1. The summed E-state index contributed by atoms with van der Waals surface area (Å²) in [6, 6.07) is 6.03. The first kappa shape index (κ1) is 23.6. The summed E-state index contributed by atoms with van der Waals surface area (Å²) < 4.78 is 19.3. The van der Waals surface area contributed by atoms with Crippen molar-refractivity contribution in [1.82, 2.24) is 20.0 Å². The van der Waals surface area contributed by atoms with Gasteiger partial charge in [-0.3, -0.25) is 9.59 Å². The Bertz CT molecular complexity index is 741. The van der Waals surface area contributed by atoms with Gasteiger partial charge in [0.05, 0.1) is 6.61 Å². The number of ether oxygens (including phenoxy) is 1. The molecule has 1 unspecified atom stereocenters. The Kier molecular flexibility index (Phi) is 9.07. The van der Waals surface area contributed by atoms with Crippen molar-refractivity contribution >= 4 is 12.3 Å². The van der Waals surface area contributed by atoms with E-state index in [4.69, 9.17) is 9.84 Å². The Morgan fingerprint density at radius 3 is 2.60 bits per heavy atom. The van der Waals surface area contributed by atoms with Crippen LogP contribution in [0.2, 0.25) is 0 Å². The van der Waals surface area contributed by atoms with E-state index in [1.165, 1.54) is 21.9 Å². The average Bonchev–Trinajstić information content (AvgIpc) is 3.10. The van der Waals surface area contributed by atoms with Gasteiger partial charge in [-0.05, 0) is 30.5 Å². The third-order valence-corrected chi connectivity index (χ3v) is 4.81. The van der Waals surface area contributed by atoms with Crippen molar-refractivity contribution in [1.29, 1.82) is 0 Å². The van der Waals surface area contributed by atoms with Crippen LogP contribution in [0.15, 0.2) is 35.8 Å². The lowest BCUT2D eigenvalue weighted by atomic mass is 10.2. The minimum atomic E-state index is -0.649. The molecule has 0 radical (unpaired) electrons. The first-order valence-corrected chi connectivity index (χ1v) is 10.1. The van der Waals surface area contributed by atoms with Crippen molar-refractivity contribution in [2.24, 2.45) is 0 Å². The van der Waals surface area contributed by atoms with Crippen LogP contribution >= 0.6 is 0 Å². The number of hydrogen-bond donors (Lipinski definition) is 2. The smallest absolute Gasteiger partial charge is 0.273 e. The molecule has 0 bridgehead atoms. The molecule has 9 heteroatoms. The van der Waals surface area contributed by atoms with Crippen LogP contribution in [0.25, 0.3) is 0 Å². The van der Waals surface area contributed by atoms with E-state index in [1.54, 1.807) is 31.1 Å². The van der Waals surface area contributed by atoms with Gasteiger partial charge in [0.25, 0.3) is 5.91 Å². The van der Waals surface area contributed by atoms with Crippen LogP contribution < -0.4 is 5.32 Å². The van der Waals surface area contributed by atoms with E-state index >= 15 is 0 Å². The third kappa shape index (κ3) is 5.93. The average molecular weight is 423 g/mol. The summed E-state index contributed by atoms with van der Waals surface area (Å²) in [6.45, 7) is 3.15. The standard InChI is InChI=1S/C21H31FN4O4/c1-4-5-13-30-21-23-19(25(3)15-28)18(20(29)24(2)11-6-12-27)26(21)14-16-7-9-17(22)10-8-16/h7-10,15,21,23,27H,4-6,11-14H2,1-3H3. The van der Waals surface area contributed by atoms with Gasteiger partial charge in [0.1, 0.15) is 17.3 Å². The van der Waals surface area contributed by atoms with E-state index in [9.17, 15) is 14.0 Å². The maximum atomic E-state index is 13.3. The normalized spacial score (nSPS) is 15.9. The molecule has 0 fully saturated rings. The topological polar surface area (TPSA) is 85.3 Å². The van der Waals surface area contributed by atoms with Gasteiger partial charge < -0.3 is 29.9 Å². The first-order chi connectivity index (χ1) is 14.4. The minimum absolute atomic E-state index is 0.0297. The second-order valence-electron chi connectivity index (χ2n) is 7.19. The molecule has 8 nitrogen and oxygen atoms in total. The molecule has 1 heterocycles. The number of unbranched alkanes of at least 4 members (excludes halogenated alkanes) is 1. The maximum Gasteiger partial charge on any atom is 0.273 e. The molecule has 1 aromatic carbocycles. The van der Waals surface area contributed by atoms with Gasteiger partial charge >= 0.3 is 0 Å². The summed E-state index contributed by atoms with van der Waals surface area (Å²) in [4.78, 5) is 29.3. The molecule has 30 heavy (non-hydrogen) atoms. The molecule has 166 valence electrons. The zero-order chi connectivity index (χ0) is 22.1. The molecule has 1 atom stereocenters. The quantitative estimate of drug-likeness (QED) is 0.392. The van der Waals surface area contributed by atoms with Crippen molar-refractivity contribution in [3.05, 3.63) is 47.2 Å². The summed E-state index contributed by atoms with van der Waals surface area (Å²) in [7, 11) is 3.20. The molecule has 2 N–H and O–H groups in total. The van der Waals surface area contributed by atoms with Crippen LogP contribution in [0, 0.1) is 5.82 Å². The summed E-state index contributed by atoms with van der Waals surface area (Å²) in [6.07, 6.45) is 2.21. The number of amides is 2. The largest absolute Gasteiger partial charge is 0.396 e. The Hall–Kier alpha value is -2.65. The molecule has 2 rings (SSSR count). The lowest BCUT2D eigenvalue weighted by Gasteiger charge is -2.29. The fourth-order valence-corrected chi connectivity index (χ4v) is 3.07. The van der Waals surface area contributed by atoms with Gasteiger partial charge in [-0.1, -0.05) is 25.5 Å². The van der Waals surface area contributed by atoms with Crippen molar-refractivity contribution in [2.45, 2.75) is 39.1 Å². The zero-order valence-electron chi connectivity index (χ0n) is 17.8. The number of nitrogens with one attached hydrogen (secondary N) is 1. The van der Waals surface area contributed by atoms with Crippen LogP contribution in [0.4, 0.5) is 4.39 Å². The molecule has 0 aliphatic carbocycles. The number of aliphatic hydroxyl groups is 1. The van der Waals surface area contributed by atoms with Crippen LogP contribution in [-0.2, 0) is 20.9 Å². The van der Waals surface area contributed by atoms with Gasteiger partial charge in [-0.25, -0.2) is 4.39 Å². The minimum Gasteiger partial charge on any atom is -0.396 e. The van der Waals surface area contributed by atoms with E-state index in [0.717, 1.165) is 18.4 Å². The van der Waals surface area contributed by atoms with Crippen LogP contribution in [0.3, 0.4) is 0 Å². The van der Waals surface area contributed by atoms with Gasteiger partial charge in [0.15, 0.2) is 0 Å². The molecular weight excluding hydrogens is 391 g/mol. The summed E-state index contributed by atoms with van der Waals surface area (Å²) in [5, 5.41) is 12.2. The lowest BCUT2D eigenvalue weighted by molar-refractivity contribution is -0.130. The van der Waals surface area contributed by atoms with Crippen LogP contribution in [0.5, 0.6) is 0 Å². The number of carbonyl (C=O) groups is 2. The molecule has 0 spiro atoms. The number of hydrogen-bond acceptors (Lipinski definition) is 6. The number of nitrogens with zero attached hydrogens (tertiary/aromatic N) is 3. The SMILES string of the molecule is CCCCOC1NC(N(C)C=O)=C(C(=O)N(C)CCCO)N1Cc1ccc(F)cc1. The molecule has 0 saturated carbocycles. The predicted molar refractivity (Wildman–Crippen MR) is 110 cm³/mol. The zero-order valence-corrected chi connectivity index (χ0v) is 17.8. The number of aliphatic hydroxyl groups excluding tert-OH is 1. The molecule has 0 saturated heterocycles. The van der Waals surface area contributed by atoms with Crippen molar-refractivity contribution in [3.63, 3.8) is 0 Å². The highest BCUT2D eigenvalue weighted by Gasteiger charge is 2.38. The van der Waals surface area contributed by atoms with Gasteiger partial charge in [0, 0.05) is 33.8 Å². The predicted octanol–water partition coefficient (Wildman–Crippen LogP) is 1.43. The van der Waals surface area contributed by atoms with E-state index in [2.05, 4.69) is 12.2 Å². The monoisotopic (exact) mass is 422 g/mol. The number of carbonyl (C=O) groups excluding carboxylic acids is 2. The highest BCUT2D eigenvalue weighted by molar-refractivity contribution is 5.94. The number of rotatable bonds is 12. The fraction of sp³-hybridized carbons (Fsp3) is 0.524. The Morgan fingerprint density at radius 1 is 1.30 bits per heavy atom. The summed E-state index contributed by atoms with van der Waals surface area (Å²) in [5.74, 6) is -0.302. The molecule has 1 aliphatic heterocycles. The number of benzene rings is 1.